The van der Waals surface area contributed by atoms with E-state index in [0.717, 1.165) is 17.7 Å². The SMILES string of the molecule is COc1cc(F)c(F)cc1-c1ccc(OCc2cccc(C(=O)N3CC[C@H](O)[C@H]3C(=O)NOC(C)C)c2)cc1. The van der Waals surface area contributed by atoms with Crippen molar-refractivity contribution in [1.82, 2.24) is 10.4 Å². The van der Waals surface area contributed by atoms with Gasteiger partial charge in [0.2, 0.25) is 0 Å². The Bertz CT molecular complexity index is 1330. The Morgan fingerprint density at radius 1 is 1.08 bits per heavy atom. The van der Waals surface area contributed by atoms with Gasteiger partial charge in [-0.25, -0.2) is 14.3 Å². The molecule has 8 nitrogen and oxygen atoms in total. The molecule has 2 amide bonds. The van der Waals surface area contributed by atoms with Crippen molar-refractivity contribution in [3.63, 3.8) is 0 Å². The monoisotopic (exact) mass is 540 g/mol. The van der Waals surface area contributed by atoms with Crippen LogP contribution in [0.4, 0.5) is 8.78 Å². The van der Waals surface area contributed by atoms with Crippen LogP contribution in [0.25, 0.3) is 11.1 Å². The highest BCUT2D eigenvalue weighted by molar-refractivity contribution is 5.98. The molecule has 206 valence electrons. The van der Waals surface area contributed by atoms with E-state index in [9.17, 15) is 23.5 Å². The minimum absolute atomic E-state index is 0.156. The molecule has 2 atom stereocenters. The number of carbonyl (C=O) groups is 2. The van der Waals surface area contributed by atoms with Gasteiger partial charge in [-0.1, -0.05) is 24.3 Å². The quantitative estimate of drug-likeness (QED) is 0.394. The number of rotatable bonds is 9. The Morgan fingerprint density at radius 3 is 2.49 bits per heavy atom. The van der Waals surface area contributed by atoms with E-state index in [4.69, 9.17) is 14.3 Å². The molecule has 1 fully saturated rings. The number of aliphatic hydroxyl groups is 1. The van der Waals surface area contributed by atoms with Gasteiger partial charge in [0.05, 0.1) is 19.3 Å². The van der Waals surface area contributed by atoms with Crippen LogP contribution in [0.5, 0.6) is 11.5 Å². The molecule has 0 unspecified atom stereocenters. The van der Waals surface area contributed by atoms with Crippen molar-refractivity contribution < 1.29 is 37.8 Å². The summed E-state index contributed by atoms with van der Waals surface area (Å²) >= 11 is 0. The fourth-order valence-electron chi connectivity index (χ4n) is 4.34. The van der Waals surface area contributed by atoms with Crippen LogP contribution < -0.4 is 15.0 Å². The van der Waals surface area contributed by atoms with Gasteiger partial charge in [-0.15, -0.1) is 0 Å². The molecule has 0 radical (unpaired) electrons. The molecular formula is C29H30F2N2O6. The number of nitrogens with zero attached hydrogens (tertiary/aromatic N) is 1. The largest absolute Gasteiger partial charge is 0.496 e. The molecule has 0 aliphatic carbocycles. The minimum atomic E-state index is -1.05. The van der Waals surface area contributed by atoms with Gasteiger partial charge in [0, 0.05) is 23.7 Å². The normalized spacial score (nSPS) is 16.8. The number of benzene rings is 3. The highest BCUT2D eigenvalue weighted by atomic mass is 19.2. The zero-order valence-electron chi connectivity index (χ0n) is 21.8. The van der Waals surface area contributed by atoms with E-state index in [0.29, 0.717) is 22.4 Å². The molecule has 1 aliphatic rings. The summed E-state index contributed by atoms with van der Waals surface area (Å²) in [5, 5.41) is 10.3. The summed E-state index contributed by atoms with van der Waals surface area (Å²) in [5.41, 5.74) is 4.41. The molecule has 39 heavy (non-hydrogen) atoms. The van der Waals surface area contributed by atoms with E-state index < -0.39 is 29.7 Å². The number of halogens is 2. The van der Waals surface area contributed by atoms with Crippen LogP contribution >= 0.6 is 0 Å². The summed E-state index contributed by atoms with van der Waals surface area (Å²) in [6.45, 7) is 3.89. The minimum Gasteiger partial charge on any atom is -0.496 e. The highest BCUT2D eigenvalue weighted by Crippen LogP contribution is 2.33. The molecule has 3 aromatic carbocycles. The van der Waals surface area contributed by atoms with Crippen LogP contribution in [0, 0.1) is 11.6 Å². The second-order valence-electron chi connectivity index (χ2n) is 9.41. The average molecular weight is 541 g/mol. The van der Waals surface area contributed by atoms with Crippen LogP contribution in [0.1, 0.15) is 36.2 Å². The number of amides is 2. The molecule has 0 aromatic heterocycles. The Labute approximate surface area is 225 Å². The van der Waals surface area contributed by atoms with Crippen molar-refractivity contribution in [2.24, 2.45) is 0 Å². The number of methoxy groups -OCH3 is 1. The Balaban J connectivity index is 1.42. The van der Waals surface area contributed by atoms with Crippen molar-refractivity contribution in [1.29, 1.82) is 0 Å². The molecule has 4 rings (SSSR count). The number of hydrogen-bond donors (Lipinski definition) is 2. The maximum absolute atomic E-state index is 13.8. The lowest BCUT2D eigenvalue weighted by Crippen LogP contribution is -2.50. The van der Waals surface area contributed by atoms with E-state index in [1.807, 2.05) is 0 Å². The fourth-order valence-corrected chi connectivity index (χ4v) is 4.34. The van der Waals surface area contributed by atoms with E-state index in [1.165, 1.54) is 12.0 Å². The molecule has 1 saturated heterocycles. The summed E-state index contributed by atoms with van der Waals surface area (Å²) in [7, 11) is 1.38. The second-order valence-corrected chi connectivity index (χ2v) is 9.41. The highest BCUT2D eigenvalue weighted by Gasteiger charge is 2.41. The molecule has 0 bridgehead atoms. The molecule has 1 aliphatic heterocycles. The molecular weight excluding hydrogens is 510 g/mol. The van der Waals surface area contributed by atoms with Crippen LogP contribution in [0.15, 0.2) is 60.7 Å². The number of ether oxygens (including phenoxy) is 2. The van der Waals surface area contributed by atoms with Gasteiger partial charge in [-0.05, 0) is 61.7 Å². The lowest BCUT2D eigenvalue weighted by molar-refractivity contribution is -0.143. The van der Waals surface area contributed by atoms with E-state index in [1.54, 1.807) is 62.4 Å². The first-order valence-electron chi connectivity index (χ1n) is 12.5. The number of hydroxylamine groups is 1. The predicted molar refractivity (Wildman–Crippen MR) is 139 cm³/mol. The van der Waals surface area contributed by atoms with Gasteiger partial charge in [0.25, 0.3) is 11.8 Å². The molecule has 0 spiro atoms. The Hall–Kier alpha value is -4.02. The van der Waals surface area contributed by atoms with Gasteiger partial charge in [0.15, 0.2) is 11.6 Å². The first-order chi connectivity index (χ1) is 18.7. The summed E-state index contributed by atoms with van der Waals surface area (Å²) in [6, 6.07) is 14.7. The predicted octanol–water partition coefficient (Wildman–Crippen LogP) is 4.25. The van der Waals surface area contributed by atoms with E-state index >= 15 is 0 Å². The molecule has 3 aromatic rings. The number of nitrogens with one attached hydrogen (secondary N) is 1. The summed E-state index contributed by atoms with van der Waals surface area (Å²) in [6.07, 6.45) is -0.968. The van der Waals surface area contributed by atoms with Gasteiger partial charge in [0.1, 0.15) is 24.1 Å². The van der Waals surface area contributed by atoms with E-state index in [2.05, 4.69) is 5.48 Å². The number of aliphatic hydroxyl groups excluding tert-OH is 1. The number of carbonyl (C=O) groups excluding carboxylic acids is 2. The Kier molecular flexibility index (Phi) is 8.78. The maximum Gasteiger partial charge on any atom is 0.269 e. The van der Waals surface area contributed by atoms with Crippen LogP contribution in [-0.4, -0.2) is 53.7 Å². The van der Waals surface area contributed by atoms with Gasteiger partial charge >= 0.3 is 0 Å². The molecule has 1 heterocycles. The Morgan fingerprint density at radius 2 is 1.79 bits per heavy atom. The van der Waals surface area contributed by atoms with Crippen LogP contribution in [-0.2, 0) is 16.2 Å². The standard InChI is InChI=1S/C29H30F2N2O6/c1-17(2)39-32-28(35)27-25(34)11-12-33(27)29(36)20-6-4-5-18(13-20)16-38-21-9-7-19(8-10-21)22-14-23(30)24(31)15-26(22)37-3/h4-10,13-15,17,25,27,34H,11-12,16H2,1-3H3,(H,32,35)/t25-,27-/m0/s1. The lowest BCUT2D eigenvalue weighted by atomic mass is 10.0. The first kappa shape index (κ1) is 28.0. The number of hydrogen-bond acceptors (Lipinski definition) is 6. The summed E-state index contributed by atoms with van der Waals surface area (Å²) < 4.78 is 38.4. The van der Waals surface area contributed by atoms with Crippen molar-refractivity contribution in [2.75, 3.05) is 13.7 Å². The van der Waals surface area contributed by atoms with Crippen molar-refractivity contribution in [2.45, 2.75) is 45.1 Å². The molecule has 0 saturated carbocycles. The third-order valence-electron chi connectivity index (χ3n) is 6.28. The second kappa shape index (κ2) is 12.2. The third-order valence-corrected chi connectivity index (χ3v) is 6.28. The summed E-state index contributed by atoms with van der Waals surface area (Å²) in [4.78, 5) is 32.3. The van der Waals surface area contributed by atoms with Crippen LogP contribution in [0.2, 0.25) is 0 Å². The zero-order valence-corrected chi connectivity index (χ0v) is 21.8. The topological polar surface area (TPSA) is 97.3 Å². The van der Waals surface area contributed by atoms with Crippen molar-refractivity contribution in [3.05, 3.63) is 83.4 Å². The molecule has 2 N–H and O–H groups in total. The average Bonchev–Trinajstić information content (AvgIpc) is 3.33. The smallest absolute Gasteiger partial charge is 0.269 e. The number of likely N-dealkylation sites (tertiary alicyclic amines) is 1. The van der Waals surface area contributed by atoms with Crippen molar-refractivity contribution in [3.8, 4) is 22.6 Å². The lowest BCUT2D eigenvalue weighted by Gasteiger charge is -2.25. The van der Waals surface area contributed by atoms with Gasteiger partial charge in [-0.3, -0.25) is 14.4 Å². The summed E-state index contributed by atoms with van der Waals surface area (Å²) in [5.74, 6) is -2.19. The fraction of sp³-hybridized carbons (Fsp3) is 0.310. The first-order valence-corrected chi connectivity index (χ1v) is 12.5. The van der Waals surface area contributed by atoms with Gasteiger partial charge < -0.3 is 19.5 Å². The third kappa shape index (κ3) is 6.52. The maximum atomic E-state index is 13.8. The zero-order chi connectivity index (χ0) is 28.1. The van der Waals surface area contributed by atoms with Crippen molar-refractivity contribution >= 4 is 11.8 Å². The van der Waals surface area contributed by atoms with E-state index in [-0.39, 0.29) is 37.3 Å². The van der Waals surface area contributed by atoms with Gasteiger partial charge in [-0.2, -0.15) is 0 Å². The van der Waals surface area contributed by atoms with Crippen LogP contribution in [0.3, 0.4) is 0 Å². The molecule has 10 heteroatoms.